The first-order chi connectivity index (χ1) is 6.16. The third-order valence-corrected chi connectivity index (χ3v) is 1.97. The Morgan fingerprint density at radius 2 is 2.23 bits per heavy atom. The zero-order valence-electron chi connectivity index (χ0n) is 6.76. The maximum absolute atomic E-state index is 12.2. The lowest BCUT2D eigenvalue weighted by atomic mass is 10.3. The van der Waals surface area contributed by atoms with Crippen molar-refractivity contribution in [2.45, 2.75) is 25.2 Å². The molecule has 0 radical (unpaired) electrons. The van der Waals surface area contributed by atoms with Crippen molar-refractivity contribution < 1.29 is 8.78 Å². The molecule has 0 aromatic carbocycles. The topological polar surface area (TPSA) is 45.8 Å². The van der Waals surface area contributed by atoms with E-state index in [9.17, 15) is 13.6 Å². The molecule has 2 rings (SSSR count). The van der Waals surface area contributed by atoms with Crippen LogP contribution in [-0.2, 0) is 0 Å². The van der Waals surface area contributed by atoms with Gasteiger partial charge in [0.1, 0.15) is 11.5 Å². The van der Waals surface area contributed by atoms with Crippen LogP contribution in [0.25, 0.3) is 0 Å². The van der Waals surface area contributed by atoms with Gasteiger partial charge in [0.25, 0.3) is 12.0 Å². The van der Waals surface area contributed by atoms with Crippen LogP contribution < -0.4 is 5.56 Å². The van der Waals surface area contributed by atoms with Crippen LogP contribution in [0.2, 0.25) is 0 Å². The fourth-order valence-electron chi connectivity index (χ4n) is 1.16. The van der Waals surface area contributed by atoms with Crippen LogP contribution in [0.4, 0.5) is 8.78 Å². The molecule has 13 heavy (non-hydrogen) atoms. The first kappa shape index (κ1) is 8.34. The van der Waals surface area contributed by atoms with Crippen molar-refractivity contribution in [2.24, 2.45) is 0 Å². The van der Waals surface area contributed by atoms with Gasteiger partial charge in [0.2, 0.25) is 0 Å². The van der Waals surface area contributed by atoms with Crippen LogP contribution in [-0.4, -0.2) is 9.97 Å². The molecule has 1 heterocycles. The summed E-state index contributed by atoms with van der Waals surface area (Å²) < 4.78 is 24.4. The summed E-state index contributed by atoms with van der Waals surface area (Å²) in [6, 6.07) is 0.844. The second-order valence-corrected chi connectivity index (χ2v) is 3.13. The average Bonchev–Trinajstić information content (AvgIpc) is 2.85. The number of rotatable bonds is 2. The summed E-state index contributed by atoms with van der Waals surface area (Å²) >= 11 is 0. The SMILES string of the molecule is O=c1cc(C(F)F)nc(C2CC2)[nH]1. The highest BCUT2D eigenvalue weighted by Crippen LogP contribution is 2.37. The summed E-state index contributed by atoms with van der Waals surface area (Å²) in [4.78, 5) is 17.1. The summed E-state index contributed by atoms with van der Waals surface area (Å²) in [6.45, 7) is 0. The number of nitrogens with zero attached hydrogens (tertiary/aromatic N) is 1. The Bertz CT molecular complexity index is 347. The van der Waals surface area contributed by atoms with Gasteiger partial charge in [0, 0.05) is 12.0 Å². The van der Waals surface area contributed by atoms with E-state index in [4.69, 9.17) is 0 Å². The number of aromatic nitrogens is 2. The Morgan fingerprint density at radius 3 is 2.77 bits per heavy atom. The average molecular weight is 186 g/mol. The number of nitrogens with one attached hydrogen (secondary N) is 1. The van der Waals surface area contributed by atoms with Crippen LogP contribution in [0.5, 0.6) is 0 Å². The van der Waals surface area contributed by atoms with Crippen LogP contribution in [0.15, 0.2) is 10.9 Å². The van der Waals surface area contributed by atoms with E-state index in [1.54, 1.807) is 0 Å². The number of hydrogen-bond donors (Lipinski definition) is 1. The van der Waals surface area contributed by atoms with Crippen molar-refractivity contribution in [2.75, 3.05) is 0 Å². The van der Waals surface area contributed by atoms with E-state index in [0.717, 1.165) is 18.9 Å². The van der Waals surface area contributed by atoms with Crippen LogP contribution in [0, 0.1) is 0 Å². The van der Waals surface area contributed by atoms with Gasteiger partial charge >= 0.3 is 0 Å². The Morgan fingerprint density at radius 1 is 1.54 bits per heavy atom. The first-order valence-electron chi connectivity index (χ1n) is 4.06. The van der Waals surface area contributed by atoms with Crippen molar-refractivity contribution in [3.63, 3.8) is 0 Å². The van der Waals surface area contributed by atoms with E-state index >= 15 is 0 Å². The summed E-state index contributed by atoms with van der Waals surface area (Å²) in [7, 11) is 0. The van der Waals surface area contributed by atoms with E-state index in [-0.39, 0.29) is 5.92 Å². The molecule has 1 N–H and O–H groups in total. The van der Waals surface area contributed by atoms with Crippen molar-refractivity contribution in [1.29, 1.82) is 0 Å². The predicted octanol–water partition coefficient (Wildman–Crippen LogP) is 1.58. The number of halogens is 2. The molecular weight excluding hydrogens is 178 g/mol. The zero-order valence-corrected chi connectivity index (χ0v) is 6.76. The van der Waals surface area contributed by atoms with E-state index in [1.807, 2.05) is 0 Å². The molecule has 0 spiro atoms. The number of aromatic amines is 1. The normalized spacial score (nSPS) is 16.5. The van der Waals surface area contributed by atoms with E-state index in [2.05, 4.69) is 9.97 Å². The molecular formula is C8H8F2N2O. The van der Waals surface area contributed by atoms with E-state index in [1.165, 1.54) is 0 Å². The lowest BCUT2D eigenvalue weighted by Gasteiger charge is -2.00. The highest BCUT2D eigenvalue weighted by molar-refractivity contribution is 5.10. The highest BCUT2D eigenvalue weighted by atomic mass is 19.3. The Kier molecular flexibility index (Phi) is 1.86. The molecule has 1 aromatic rings. The third kappa shape index (κ3) is 1.74. The lowest BCUT2D eigenvalue weighted by molar-refractivity contribution is 0.145. The Hall–Kier alpha value is -1.26. The third-order valence-electron chi connectivity index (χ3n) is 1.97. The monoisotopic (exact) mass is 186 g/mol. The van der Waals surface area contributed by atoms with Crippen molar-refractivity contribution in [1.82, 2.24) is 9.97 Å². The molecule has 1 saturated carbocycles. The number of H-pyrrole nitrogens is 1. The maximum atomic E-state index is 12.2. The van der Waals surface area contributed by atoms with Gasteiger partial charge in [-0.3, -0.25) is 4.79 Å². The fraction of sp³-hybridized carbons (Fsp3) is 0.500. The van der Waals surface area contributed by atoms with Gasteiger partial charge < -0.3 is 4.98 Å². The van der Waals surface area contributed by atoms with Crippen molar-refractivity contribution in [3.8, 4) is 0 Å². The molecule has 5 heteroatoms. The second kappa shape index (κ2) is 2.90. The van der Waals surface area contributed by atoms with Crippen molar-refractivity contribution in [3.05, 3.63) is 27.9 Å². The summed E-state index contributed by atoms with van der Waals surface area (Å²) in [5.41, 5.74) is -0.919. The smallest absolute Gasteiger partial charge is 0.280 e. The molecule has 3 nitrogen and oxygen atoms in total. The van der Waals surface area contributed by atoms with Gasteiger partial charge in [-0.2, -0.15) is 0 Å². The van der Waals surface area contributed by atoms with E-state index < -0.39 is 17.7 Å². The molecule has 1 fully saturated rings. The zero-order chi connectivity index (χ0) is 9.42. The van der Waals surface area contributed by atoms with Gasteiger partial charge in [-0.1, -0.05) is 0 Å². The second-order valence-electron chi connectivity index (χ2n) is 3.13. The molecule has 0 aliphatic heterocycles. The van der Waals surface area contributed by atoms with Gasteiger partial charge in [0.15, 0.2) is 0 Å². The van der Waals surface area contributed by atoms with Crippen LogP contribution >= 0.6 is 0 Å². The molecule has 0 amide bonds. The minimum absolute atomic E-state index is 0.186. The minimum Gasteiger partial charge on any atom is -0.310 e. The molecule has 1 aliphatic rings. The van der Waals surface area contributed by atoms with Crippen molar-refractivity contribution >= 4 is 0 Å². The molecule has 0 saturated heterocycles. The van der Waals surface area contributed by atoms with Crippen LogP contribution in [0.1, 0.15) is 36.7 Å². The maximum Gasteiger partial charge on any atom is 0.280 e. The molecule has 0 bridgehead atoms. The van der Waals surface area contributed by atoms with Gasteiger partial charge in [-0.25, -0.2) is 13.8 Å². The van der Waals surface area contributed by atoms with E-state index in [0.29, 0.717) is 5.82 Å². The quantitative estimate of drug-likeness (QED) is 0.762. The Labute approximate surface area is 72.8 Å². The van der Waals surface area contributed by atoms with Gasteiger partial charge in [-0.05, 0) is 12.8 Å². The van der Waals surface area contributed by atoms with Gasteiger partial charge in [0.05, 0.1) is 0 Å². The van der Waals surface area contributed by atoms with Crippen LogP contribution in [0.3, 0.4) is 0 Å². The molecule has 70 valence electrons. The number of hydrogen-bond acceptors (Lipinski definition) is 2. The lowest BCUT2D eigenvalue weighted by Crippen LogP contribution is -2.12. The summed E-state index contributed by atoms with van der Waals surface area (Å²) in [5.74, 6) is 0.592. The predicted molar refractivity (Wildman–Crippen MR) is 41.8 cm³/mol. The molecule has 1 aliphatic carbocycles. The first-order valence-corrected chi connectivity index (χ1v) is 4.06. The highest BCUT2D eigenvalue weighted by Gasteiger charge is 2.27. The Balaban J connectivity index is 2.41. The minimum atomic E-state index is -2.67. The fourth-order valence-corrected chi connectivity index (χ4v) is 1.16. The number of alkyl halides is 2. The molecule has 0 unspecified atom stereocenters. The summed E-state index contributed by atoms with van der Waals surface area (Å²) in [5, 5.41) is 0. The molecule has 1 aromatic heterocycles. The molecule has 0 atom stereocenters. The summed E-state index contributed by atoms with van der Waals surface area (Å²) in [6.07, 6.45) is -0.814. The standard InChI is InChI=1S/C8H8F2N2O/c9-7(10)5-3-6(13)12-8(11-5)4-1-2-4/h3-4,7H,1-2H2,(H,11,12,13). The van der Waals surface area contributed by atoms with Gasteiger partial charge in [-0.15, -0.1) is 0 Å². The largest absolute Gasteiger partial charge is 0.310 e.